The Morgan fingerprint density at radius 2 is 2.00 bits per heavy atom. The standard InChI is InChI=1S/C13H17NO2/c1-2-10-7-14(8-10)9-11-3-5-12(6-4-11)13(15)16/h3-6,10H,2,7-9H2,1H3,(H,15,16). The molecule has 1 aliphatic heterocycles. The van der Waals surface area contributed by atoms with Crippen molar-refractivity contribution in [2.75, 3.05) is 13.1 Å². The molecule has 0 radical (unpaired) electrons. The van der Waals surface area contributed by atoms with Crippen LogP contribution < -0.4 is 0 Å². The summed E-state index contributed by atoms with van der Waals surface area (Å²) >= 11 is 0. The van der Waals surface area contributed by atoms with Gasteiger partial charge in [-0.25, -0.2) is 4.79 Å². The molecular formula is C13H17NO2. The quantitative estimate of drug-likeness (QED) is 0.844. The molecule has 0 unspecified atom stereocenters. The molecule has 16 heavy (non-hydrogen) atoms. The Morgan fingerprint density at radius 3 is 2.50 bits per heavy atom. The van der Waals surface area contributed by atoms with Crippen molar-refractivity contribution in [3.05, 3.63) is 35.4 Å². The average Bonchev–Trinajstić information content (AvgIpc) is 2.23. The number of hydrogen-bond acceptors (Lipinski definition) is 2. The molecule has 0 amide bonds. The number of benzene rings is 1. The van der Waals surface area contributed by atoms with Crippen molar-refractivity contribution in [3.8, 4) is 0 Å². The second-order valence-corrected chi connectivity index (χ2v) is 4.47. The fourth-order valence-corrected chi connectivity index (χ4v) is 2.08. The van der Waals surface area contributed by atoms with Gasteiger partial charge in [0.25, 0.3) is 0 Å². The van der Waals surface area contributed by atoms with E-state index in [9.17, 15) is 4.79 Å². The highest BCUT2D eigenvalue weighted by atomic mass is 16.4. The van der Waals surface area contributed by atoms with Crippen molar-refractivity contribution in [1.29, 1.82) is 0 Å². The van der Waals surface area contributed by atoms with Gasteiger partial charge in [0.05, 0.1) is 5.56 Å². The maximum atomic E-state index is 10.7. The third kappa shape index (κ3) is 2.42. The van der Waals surface area contributed by atoms with Crippen LogP contribution in [-0.2, 0) is 6.54 Å². The van der Waals surface area contributed by atoms with Gasteiger partial charge in [-0.1, -0.05) is 25.5 Å². The van der Waals surface area contributed by atoms with Gasteiger partial charge in [0.2, 0.25) is 0 Å². The SMILES string of the molecule is CCC1CN(Cc2ccc(C(=O)O)cc2)C1. The highest BCUT2D eigenvalue weighted by Crippen LogP contribution is 2.20. The van der Waals surface area contributed by atoms with Gasteiger partial charge in [-0.15, -0.1) is 0 Å². The zero-order chi connectivity index (χ0) is 11.5. The summed E-state index contributed by atoms with van der Waals surface area (Å²) < 4.78 is 0. The summed E-state index contributed by atoms with van der Waals surface area (Å²) in [6, 6.07) is 7.16. The van der Waals surface area contributed by atoms with Gasteiger partial charge >= 0.3 is 5.97 Å². The monoisotopic (exact) mass is 219 g/mol. The Hall–Kier alpha value is -1.35. The zero-order valence-electron chi connectivity index (χ0n) is 9.52. The second-order valence-electron chi connectivity index (χ2n) is 4.47. The number of aromatic carboxylic acids is 1. The Balaban J connectivity index is 1.89. The molecule has 0 spiro atoms. The third-order valence-electron chi connectivity index (χ3n) is 3.22. The van der Waals surface area contributed by atoms with Crippen LogP contribution >= 0.6 is 0 Å². The minimum Gasteiger partial charge on any atom is -0.478 e. The molecule has 0 atom stereocenters. The van der Waals surface area contributed by atoms with Crippen LogP contribution in [0.5, 0.6) is 0 Å². The van der Waals surface area contributed by atoms with E-state index in [4.69, 9.17) is 5.11 Å². The van der Waals surface area contributed by atoms with Crippen LogP contribution in [-0.4, -0.2) is 29.1 Å². The van der Waals surface area contributed by atoms with Gasteiger partial charge in [0.15, 0.2) is 0 Å². The van der Waals surface area contributed by atoms with E-state index >= 15 is 0 Å². The van der Waals surface area contributed by atoms with Crippen molar-refractivity contribution >= 4 is 5.97 Å². The average molecular weight is 219 g/mol. The third-order valence-corrected chi connectivity index (χ3v) is 3.22. The first-order valence-corrected chi connectivity index (χ1v) is 5.73. The minimum atomic E-state index is -0.860. The van der Waals surface area contributed by atoms with Crippen molar-refractivity contribution in [2.45, 2.75) is 19.9 Å². The highest BCUT2D eigenvalue weighted by Gasteiger charge is 2.24. The number of carbonyl (C=O) groups is 1. The number of likely N-dealkylation sites (tertiary alicyclic amines) is 1. The van der Waals surface area contributed by atoms with Gasteiger partial charge in [0, 0.05) is 19.6 Å². The lowest BCUT2D eigenvalue weighted by Gasteiger charge is -2.38. The van der Waals surface area contributed by atoms with Crippen molar-refractivity contribution in [2.24, 2.45) is 5.92 Å². The molecule has 1 aromatic rings. The van der Waals surface area contributed by atoms with Gasteiger partial charge < -0.3 is 5.11 Å². The molecular weight excluding hydrogens is 202 g/mol. The van der Waals surface area contributed by atoms with Crippen LogP contribution in [0.1, 0.15) is 29.3 Å². The maximum absolute atomic E-state index is 10.7. The van der Waals surface area contributed by atoms with Gasteiger partial charge in [0.1, 0.15) is 0 Å². The molecule has 1 N–H and O–H groups in total. The molecule has 3 heteroatoms. The van der Waals surface area contributed by atoms with Gasteiger partial charge in [-0.05, 0) is 23.6 Å². The van der Waals surface area contributed by atoms with E-state index in [1.165, 1.54) is 25.1 Å². The molecule has 0 bridgehead atoms. The summed E-state index contributed by atoms with van der Waals surface area (Å²) in [5.74, 6) is -0.000148. The van der Waals surface area contributed by atoms with E-state index < -0.39 is 5.97 Å². The predicted octanol–water partition coefficient (Wildman–Crippen LogP) is 2.23. The molecule has 1 aromatic carbocycles. The first kappa shape index (κ1) is 11.1. The lowest BCUT2D eigenvalue weighted by atomic mass is 9.96. The van der Waals surface area contributed by atoms with Gasteiger partial charge in [-0.3, -0.25) is 4.90 Å². The molecule has 0 aromatic heterocycles. The molecule has 2 rings (SSSR count). The molecule has 1 aliphatic rings. The lowest BCUT2D eigenvalue weighted by molar-refractivity contribution is 0.0696. The number of carboxylic acid groups (broad SMARTS) is 1. The van der Waals surface area contributed by atoms with Crippen molar-refractivity contribution < 1.29 is 9.90 Å². The van der Waals surface area contributed by atoms with Crippen LogP contribution in [0.2, 0.25) is 0 Å². The molecule has 1 heterocycles. The Morgan fingerprint density at radius 1 is 1.38 bits per heavy atom. The number of hydrogen-bond donors (Lipinski definition) is 1. The summed E-state index contributed by atoms with van der Waals surface area (Å²) in [5.41, 5.74) is 1.55. The molecule has 3 nitrogen and oxygen atoms in total. The summed E-state index contributed by atoms with van der Waals surface area (Å²) in [4.78, 5) is 13.1. The van der Waals surface area contributed by atoms with E-state index in [2.05, 4.69) is 11.8 Å². The summed E-state index contributed by atoms with van der Waals surface area (Å²) in [6.45, 7) is 5.52. The second kappa shape index (κ2) is 4.66. The summed E-state index contributed by atoms with van der Waals surface area (Å²) in [5, 5.41) is 8.77. The maximum Gasteiger partial charge on any atom is 0.335 e. The molecule has 0 saturated carbocycles. The number of rotatable bonds is 4. The fraction of sp³-hybridized carbons (Fsp3) is 0.462. The van der Waals surface area contributed by atoms with Crippen LogP contribution in [0.4, 0.5) is 0 Å². The molecule has 86 valence electrons. The van der Waals surface area contributed by atoms with E-state index in [1.807, 2.05) is 12.1 Å². The van der Waals surface area contributed by atoms with Crippen LogP contribution in [0.15, 0.2) is 24.3 Å². The predicted molar refractivity (Wildman–Crippen MR) is 62.5 cm³/mol. The topological polar surface area (TPSA) is 40.5 Å². The first-order chi connectivity index (χ1) is 7.69. The summed E-state index contributed by atoms with van der Waals surface area (Å²) in [6.07, 6.45) is 1.26. The normalized spacial score (nSPS) is 17.1. The Kier molecular flexibility index (Phi) is 3.25. The fourth-order valence-electron chi connectivity index (χ4n) is 2.08. The highest BCUT2D eigenvalue weighted by molar-refractivity contribution is 5.87. The van der Waals surface area contributed by atoms with E-state index in [0.717, 1.165) is 12.5 Å². The Labute approximate surface area is 95.7 Å². The van der Waals surface area contributed by atoms with Crippen LogP contribution in [0.3, 0.4) is 0 Å². The number of carboxylic acids is 1. The zero-order valence-corrected chi connectivity index (χ0v) is 9.52. The first-order valence-electron chi connectivity index (χ1n) is 5.73. The summed E-state index contributed by atoms with van der Waals surface area (Å²) in [7, 11) is 0. The lowest BCUT2D eigenvalue weighted by Crippen LogP contribution is -2.45. The molecule has 1 fully saturated rings. The Bertz CT molecular complexity index is 366. The van der Waals surface area contributed by atoms with E-state index in [0.29, 0.717) is 5.56 Å². The van der Waals surface area contributed by atoms with Crippen molar-refractivity contribution in [1.82, 2.24) is 4.90 Å². The smallest absolute Gasteiger partial charge is 0.335 e. The molecule has 1 saturated heterocycles. The van der Waals surface area contributed by atoms with E-state index in [1.54, 1.807) is 12.1 Å². The minimum absolute atomic E-state index is 0.360. The van der Waals surface area contributed by atoms with Crippen LogP contribution in [0.25, 0.3) is 0 Å². The van der Waals surface area contributed by atoms with Crippen molar-refractivity contribution in [3.63, 3.8) is 0 Å². The molecule has 0 aliphatic carbocycles. The van der Waals surface area contributed by atoms with Crippen LogP contribution in [0, 0.1) is 5.92 Å². The number of nitrogens with zero attached hydrogens (tertiary/aromatic N) is 1. The largest absolute Gasteiger partial charge is 0.478 e. The van der Waals surface area contributed by atoms with E-state index in [-0.39, 0.29) is 0 Å². The van der Waals surface area contributed by atoms with Gasteiger partial charge in [-0.2, -0.15) is 0 Å².